The largest absolute Gasteiger partial charge is 0.461 e. The molecule has 2 heterocycles. The third kappa shape index (κ3) is 3.61. The summed E-state index contributed by atoms with van der Waals surface area (Å²) in [7, 11) is 0. The second-order valence-corrected chi connectivity index (χ2v) is 5.99. The van der Waals surface area contributed by atoms with Crippen molar-refractivity contribution in [1.29, 1.82) is 0 Å². The smallest absolute Gasteiger partial charge is 0.270 e. The van der Waals surface area contributed by atoms with Crippen molar-refractivity contribution in [3.05, 3.63) is 58.3 Å². The number of nitro benzene ring substituents is 1. The summed E-state index contributed by atoms with van der Waals surface area (Å²) in [6.07, 6.45) is 1.56. The van der Waals surface area contributed by atoms with Crippen molar-refractivity contribution in [2.75, 3.05) is 5.75 Å². The van der Waals surface area contributed by atoms with Gasteiger partial charge in [-0.25, -0.2) is 0 Å². The van der Waals surface area contributed by atoms with Crippen LogP contribution in [0.2, 0.25) is 0 Å². The van der Waals surface area contributed by atoms with E-state index in [0.29, 0.717) is 28.8 Å². The van der Waals surface area contributed by atoms with Gasteiger partial charge in [-0.3, -0.25) is 19.5 Å². The van der Waals surface area contributed by atoms with Gasteiger partial charge in [-0.05, 0) is 19.1 Å². The molecular weight excluding hydrogens is 344 g/mol. The predicted molar refractivity (Wildman–Crippen MR) is 91.5 cm³/mol. The fourth-order valence-corrected chi connectivity index (χ4v) is 3.17. The number of benzene rings is 1. The zero-order valence-electron chi connectivity index (χ0n) is 13.3. The first kappa shape index (κ1) is 16.9. The van der Waals surface area contributed by atoms with Crippen molar-refractivity contribution in [2.24, 2.45) is 0 Å². The lowest BCUT2D eigenvalue weighted by molar-refractivity contribution is -0.384. The predicted octanol–water partition coefficient (Wildman–Crippen LogP) is 3.44. The summed E-state index contributed by atoms with van der Waals surface area (Å²) >= 11 is 1.24. The Morgan fingerprint density at radius 2 is 2.16 bits per heavy atom. The maximum Gasteiger partial charge on any atom is 0.270 e. The van der Waals surface area contributed by atoms with E-state index < -0.39 is 4.92 Å². The van der Waals surface area contributed by atoms with E-state index in [4.69, 9.17) is 4.42 Å². The molecule has 128 valence electrons. The number of hydrogen-bond donors (Lipinski definition) is 0. The summed E-state index contributed by atoms with van der Waals surface area (Å²) in [5.74, 6) is 1.10. The number of hydrogen-bond acceptors (Lipinski definition) is 7. The van der Waals surface area contributed by atoms with Crippen molar-refractivity contribution in [2.45, 2.75) is 18.6 Å². The van der Waals surface area contributed by atoms with Gasteiger partial charge >= 0.3 is 0 Å². The van der Waals surface area contributed by atoms with E-state index >= 15 is 0 Å². The molecule has 0 spiro atoms. The lowest BCUT2D eigenvalue weighted by Gasteiger charge is -2.05. The Morgan fingerprint density at radius 1 is 1.32 bits per heavy atom. The van der Waals surface area contributed by atoms with Crippen LogP contribution >= 0.6 is 11.8 Å². The van der Waals surface area contributed by atoms with E-state index in [9.17, 15) is 14.9 Å². The van der Waals surface area contributed by atoms with Gasteiger partial charge in [0.15, 0.2) is 22.5 Å². The van der Waals surface area contributed by atoms with Gasteiger partial charge in [0.1, 0.15) is 0 Å². The highest BCUT2D eigenvalue weighted by Crippen LogP contribution is 2.25. The molecule has 0 bridgehead atoms. The van der Waals surface area contributed by atoms with Crippen LogP contribution in [0.4, 0.5) is 5.69 Å². The molecule has 0 N–H and O–H groups in total. The number of ketones is 1. The van der Waals surface area contributed by atoms with Crippen molar-refractivity contribution >= 4 is 23.2 Å². The van der Waals surface area contributed by atoms with Gasteiger partial charge in [0.05, 0.1) is 16.9 Å². The Morgan fingerprint density at radius 3 is 2.84 bits per heavy atom. The van der Waals surface area contributed by atoms with Crippen LogP contribution in [-0.2, 0) is 6.54 Å². The van der Waals surface area contributed by atoms with E-state index in [0.717, 1.165) is 0 Å². The molecule has 0 aliphatic heterocycles. The second kappa shape index (κ2) is 7.31. The average molecular weight is 358 g/mol. The highest BCUT2D eigenvalue weighted by molar-refractivity contribution is 7.99. The number of carbonyl (C=O) groups excluding carboxylic acids is 1. The van der Waals surface area contributed by atoms with Crippen molar-refractivity contribution in [3.63, 3.8) is 0 Å². The van der Waals surface area contributed by atoms with Crippen LogP contribution in [0.5, 0.6) is 0 Å². The van der Waals surface area contributed by atoms with Crippen molar-refractivity contribution < 1.29 is 14.1 Å². The second-order valence-electron chi connectivity index (χ2n) is 5.05. The fourth-order valence-electron chi connectivity index (χ4n) is 2.27. The Bertz CT molecular complexity index is 905. The quantitative estimate of drug-likeness (QED) is 0.276. The van der Waals surface area contributed by atoms with Crippen LogP contribution in [-0.4, -0.2) is 31.2 Å². The number of Topliss-reactive ketones (excluding diaryl/α,β-unsaturated/α-hetero) is 1. The lowest BCUT2D eigenvalue weighted by Crippen LogP contribution is -2.05. The maximum atomic E-state index is 12.3. The molecule has 8 nitrogen and oxygen atoms in total. The third-order valence-electron chi connectivity index (χ3n) is 3.49. The summed E-state index contributed by atoms with van der Waals surface area (Å²) in [5.41, 5.74) is 0.197. The highest BCUT2D eigenvalue weighted by atomic mass is 32.2. The molecule has 9 heteroatoms. The van der Waals surface area contributed by atoms with E-state index in [1.807, 2.05) is 11.5 Å². The molecule has 2 aromatic heterocycles. The molecule has 0 radical (unpaired) electrons. The number of nitrogens with zero attached hydrogens (tertiary/aromatic N) is 4. The third-order valence-corrected chi connectivity index (χ3v) is 4.45. The maximum absolute atomic E-state index is 12.3. The van der Waals surface area contributed by atoms with Crippen LogP contribution in [0, 0.1) is 10.1 Å². The van der Waals surface area contributed by atoms with E-state index in [-0.39, 0.29) is 17.2 Å². The van der Waals surface area contributed by atoms with Gasteiger partial charge in [-0.15, -0.1) is 10.2 Å². The van der Waals surface area contributed by atoms with Crippen LogP contribution in [0.3, 0.4) is 0 Å². The minimum atomic E-state index is -0.521. The summed E-state index contributed by atoms with van der Waals surface area (Å²) in [5, 5.41) is 19.6. The van der Waals surface area contributed by atoms with Gasteiger partial charge < -0.3 is 4.42 Å². The Hall–Kier alpha value is -2.94. The van der Waals surface area contributed by atoms with Crippen molar-refractivity contribution in [3.8, 4) is 11.6 Å². The molecular formula is C16H14N4O4S. The highest BCUT2D eigenvalue weighted by Gasteiger charge is 2.17. The van der Waals surface area contributed by atoms with Gasteiger partial charge in [0.2, 0.25) is 0 Å². The molecule has 0 fully saturated rings. The number of carbonyl (C=O) groups is 1. The molecule has 0 aliphatic rings. The minimum absolute atomic E-state index is 0.104. The zero-order chi connectivity index (χ0) is 17.8. The van der Waals surface area contributed by atoms with Gasteiger partial charge in [-0.2, -0.15) is 0 Å². The Labute approximate surface area is 147 Å². The number of furan rings is 1. The Balaban J connectivity index is 1.74. The van der Waals surface area contributed by atoms with Crippen LogP contribution < -0.4 is 0 Å². The first-order chi connectivity index (χ1) is 12.1. The molecule has 0 saturated carbocycles. The number of rotatable bonds is 7. The normalized spacial score (nSPS) is 10.8. The molecule has 3 aromatic rings. The molecule has 0 saturated heterocycles. The van der Waals surface area contributed by atoms with E-state index in [1.165, 1.54) is 30.0 Å². The Kier molecular flexibility index (Phi) is 4.94. The van der Waals surface area contributed by atoms with Gasteiger partial charge in [-0.1, -0.05) is 23.9 Å². The number of nitro groups is 1. The van der Waals surface area contributed by atoms with Crippen molar-refractivity contribution in [1.82, 2.24) is 14.8 Å². The summed E-state index contributed by atoms with van der Waals surface area (Å²) in [6.45, 7) is 2.57. The number of non-ortho nitro benzene ring substituents is 1. The monoisotopic (exact) mass is 358 g/mol. The average Bonchev–Trinajstić information content (AvgIpc) is 3.28. The van der Waals surface area contributed by atoms with Crippen LogP contribution in [0.25, 0.3) is 11.6 Å². The van der Waals surface area contributed by atoms with Crippen LogP contribution in [0.15, 0.2) is 52.2 Å². The topological polar surface area (TPSA) is 104 Å². The minimum Gasteiger partial charge on any atom is -0.461 e. The fraction of sp³-hybridized carbons (Fsp3) is 0.188. The summed E-state index contributed by atoms with van der Waals surface area (Å²) in [6, 6.07) is 9.25. The van der Waals surface area contributed by atoms with Crippen LogP contribution in [0.1, 0.15) is 17.3 Å². The first-order valence-corrected chi connectivity index (χ1v) is 8.46. The zero-order valence-corrected chi connectivity index (χ0v) is 14.1. The SMILES string of the molecule is CCn1c(SCC(=O)c2cccc([N+](=O)[O-])c2)nnc1-c1ccco1. The van der Waals surface area contributed by atoms with Gasteiger partial charge in [0.25, 0.3) is 5.69 Å². The summed E-state index contributed by atoms with van der Waals surface area (Å²) in [4.78, 5) is 22.6. The molecule has 25 heavy (non-hydrogen) atoms. The number of thioether (sulfide) groups is 1. The molecule has 0 amide bonds. The van der Waals surface area contributed by atoms with Gasteiger partial charge in [0, 0.05) is 24.2 Å². The number of aromatic nitrogens is 3. The molecule has 0 aliphatic carbocycles. The van der Waals surface area contributed by atoms with E-state index in [2.05, 4.69) is 10.2 Å². The lowest BCUT2D eigenvalue weighted by atomic mass is 10.1. The summed E-state index contributed by atoms with van der Waals surface area (Å²) < 4.78 is 7.19. The molecule has 0 unspecified atom stereocenters. The standard InChI is InChI=1S/C16H14N4O4S/c1-2-19-15(14-7-4-8-24-14)17-18-16(19)25-10-13(21)11-5-3-6-12(9-11)20(22)23/h3-9H,2,10H2,1H3. The first-order valence-electron chi connectivity index (χ1n) is 7.47. The molecule has 3 rings (SSSR count). The molecule has 1 aromatic carbocycles. The molecule has 0 atom stereocenters. The van der Waals surface area contributed by atoms with E-state index in [1.54, 1.807) is 24.5 Å².